The normalized spacial score (nSPS) is 11.6. The van der Waals surface area contributed by atoms with Crippen molar-refractivity contribution in [3.05, 3.63) is 0 Å². The quantitative estimate of drug-likeness (QED) is 0.268. The van der Waals surface area contributed by atoms with E-state index in [0.717, 1.165) is 18.2 Å². The highest BCUT2D eigenvalue weighted by molar-refractivity contribution is 9.09. The monoisotopic (exact) mass is 334 g/mol. The maximum Gasteiger partial charge on any atom is 0.311 e. The Labute approximate surface area is 127 Å². The zero-order valence-corrected chi connectivity index (χ0v) is 14.6. The van der Waals surface area contributed by atoms with Gasteiger partial charge in [-0.05, 0) is 33.6 Å². The van der Waals surface area contributed by atoms with Gasteiger partial charge in [-0.2, -0.15) is 0 Å². The second-order valence-corrected chi connectivity index (χ2v) is 6.66. The summed E-state index contributed by atoms with van der Waals surface area (Å²) >= 11 is 3.46. The summed E-state index contributed by atoms with van der Waals surface area (Å²) in [5, 5.41) is 1.13. The molecule has 0 amide bonds. The molecule has 0 rings (SSSR count). The van der Waals surface area contributed by atoms with Crippen molar-refractivity contribution in [3.63, 3.8) is 0 Å². The van der Waals surface area contributed by atoms with Crippen molar-refractivity contribution >= 4 is 21.9 Å². The molecule has 0 aliphatic carbocycles. The SMILES string of the molecule is CCOC(=O)C(C)(C)CCCCCCCCCCBr. The van der Waals surface area contributed by atoms with E-state index >= 15 is 0 Å². The molecule has 0 aromatic rings. The number of esters is 1. The van der Waals surface area contributed by atoms with Gasteiger partial charge in [-0.25, -0.2) is 0 Å². The highest BCUT2D eigenvalue weighted by atomic mass is 79.9. The van der Waals surface area contributed by atoms with Crippen LogP contribution in [0.4, 0.5) is 0 Å². The molecule has 2 nitrogen and oxygen atoms in total. The average Bonchev–Trinajstić information content (AvgIpc) is 2.37. The first-order valence-corrected chi connectivity index (χ1v) is 8.90. The number of unbranched alkanes of at least 4 members (excludes halogenated alkanes) is 7. The van der Waals surface area contributed by atoms with Crippen molar-refractivity contribution in [2.75, 3.05) is 11.9 Å². The maximum atomic E-state index is 11.7. The Bertz CT molecular complexity index is 227. The first kappa shape index (κ1) is 18.9. The molecule has 0 aliphatic rings. The van der Waals surface area contributed by atoms with Gasteiger partial charge in [0.25, 0.3) is 0 Å². The van der Waals surface area contributed by atoms with Gasteiger partial charge in [0, 0.05) is 5.33 Å². The molecule has 0 heterocycles. The summed E-state index contributed by atoms with van der Waals surface area (Å²) in [7, 11) is 0. The second-order valence-electron chi connectivity index (χ2n) is 5.87. The highest BCUT2D eigenvalue weighted by Gasteiger charge is 2.28. The molecule has 0 N–H and O–H groups in total. The summed E-state index contributed by atoms with van der Waals surface area (Å²) in [5.74, 6) is -0.0511. The van der Waals surface area contributed by atoms with Gasteiger partial charge in [0.2, 0.25) is 0 Å². The van der Waals surface area contributed by atoms with Crippen molar-refractivity contribution in [1.82, 2.24) is 0 Å². The summed E-state index contributed by atoms with van der Waals surface area (Å²) < 4.78 is 5.10. The summed E-state index contributed by atoms with van der Waals surface area (Å²) in [6, 6.07) is 0. The molecule has 0 fully saturated rings. The molecule has 0 saturated carbocycles. The zero-order valence-electron chi connectivity index (χ0n) is 13.0. The lowest BCUT2D eigenvalue weighted by atomic mass is 9.87. The molecule has 114 valence electrons. The number of hydrogen-bond donors (Lipinski definition) is 0. The van der Waals surface area contributed by atoms with Gasteiger partial charge in [0.05, 0.1) is 12.0 Å². The van der Waals surface area contributed by atoms with Crippen molar-refractivity contribution in [2.45, 2.75) is 78.6 Å². The molecule has 0 atom stereocenters. The predicted octanol–water partition coefficient (Wildman–Crippen LogP) is 5.48. The number of alkyl halides is 1. The lowest BCUT2D eigenvalue weighted by molar-refractivity contribution is -0.153. The van der Waals surface area contributed by atoms with E-state index < -0.39 is 0 Å². The minimum Gasteiger partial charge on any atom is -0.466 e. The third kappa shape index (κ3) is 10.4. The topological polar surface area (TPSA) is 26.3 Å². The molecule has 0 saturated heterocycles. The number of carbonyl (C=O) groups excluding carboxylic acids is 1. The fourth-order valence-corrected chi connectivity index (χ4v) is 2.55. The Morgan fingerprint density at radius 2 is 1.42 bits per heavy atom. The van der Waals surface area contributed by atoms with Crippen molar-refractivity contribution in [3.8, 4) is 0 Å². The second kappa shape index (κ2) is 11.7. The van der Waals surface area contributed by atoms with E-state index in [-0.39, 0.29) is 11.4 Å². The fraction of sp³-hybridized carbons (Fsp3) is 0.938. The minimum atomic E-state index is -0.314. The Morgan fingerprint density at radius 3 is 1.89 bits per heavy atom. The molecule has 0 unspecified atom stereocenters. The molecular formula is C16H31BrO2. The summed E-state index contributed by atoms with van der Waals surface area (Å²) in [6.07, 6.45) is 11.3. The van der Waals surface area contributed by atoms with Crippen LogP contribution in [0.15, 0.2) is 0 Å². The fourth-order valence-electron chi connectivity index (χ4n) is 2.15. The van der Waals surface area contributed by atoms with E-state index in [9.17, 15) is 4.79 Å². The van der Waals surface area contributed by atoms with Gasteiger partial charge in [-0.3, -0.25) is 4.79 Å². The van der Waals surface area contributed by atoms with Gasteiger partial charge >= 0.3 is 5.97 Å². The zero-order chi connectivity index (χ0) is 14.6. The van der Waals surface area contributed by atoms with Gasteiger partial charge < -0.3 is 4.74 Å². The van der Waals surface area contributed by atoms with Crippen LogP contribution in [-0.2, 0) is 9.53 Å². The highest BCUT2D eigenvalue weighted by Crippen LogP contribution is 2.25. The van der Waals surface area contributed by atoms with Crippen LogP contribution in [0.1, 0.15) is 78.6 Å². The summed E-state index contributed by atoms with van der Waals surface area (Å²) in [4.78, 5) is 11.7. The Morgan fingerprint density at radius 1 is 0.947 bits per heavy atom. The van der Waals surface area contributed by atoms with Crippen molar-refractivity contribution in [2.24, 2.45) is 5.41 Å². The standard InChI is InChI=1S/C16H31BrO2/c1-4-19-15(18)16(2,3)13-11-9-7-5-6-8-10-12-14-17/h4-14H2,1-3H3. The molecule has 0 radical (unpaired) electrons. The smallest absolute Gasteiger partial charge is 0.311 e. The Kier molecular flexibility index (Phi) is 11.7. The van der Waals surface area contributed by atoms with Gasteiger partial charge in [-0.15, -0.1) is 0 Å². The summed E-state index contributed by atoms with van der Waals surface area (Å²) in [5.41, 5.74) is -0.314. The van der Waals surface area contributed by atoms with E-state index in [1.807, 2.05) is 20.8 Å². The molecule has 0 aromatic heterocycles. The van der Waals surface area contributed by atoms with Crippen LogP contribution in [-0.4, -0.2) is 17.9 Å². The van der Waals surface area contributed by atoms with Crippen molar-refractivity contribution in [1.29, 1.82) is 0 Å². The van der Waals surface area contributed by atoms with E-state index in [4.69, 9.17) is 4.74 Å². The van der Waals surface area contributed by atoms with Gasteiger partial charge in [-0.1, -0.05) is 60.9 Å². The van der Waals surface area contributed by atoms with Crippen LogP contribution >= 0.6 is 15.9 Å². The van der Waals surface area contributed by atoms with Crippen LogP contribution in [0.25, 0.3) is 0 Å². The van der Waals surface area contributed by atoms with E-state index in [2.05, 4.69) is 15.9 Å². The van der Waals surface area contributed by atoms with E-state index in [0.29, 0.717) is 6.61 Å². The van der Waals surface area contributed by atoms with E-state index in [1.165, 1.54) is 44.9 Å². The molecule has 0 bridgehead atoms. The minimum absolute atomic E-state index is 0.0511. The van der Waals surface area contributed by atoms with Crippen LogP contribution < -0.4 is 0 Å². The molecule has 0 aromatic carbocycles. The van der Waals surface area contributed by atoms with Gasteiger partial charge in [0.15, 0.2) is 0 Å². The third-order valence-electron chi connectivity index (χ3n) is 3.51. The average molecular weight is 335 g/mol. The number of rotatable bonds is 12. The predicted molar refractivity (Wildman–Crippen MR) is 85.8 cm³/mol. The summed E-state index contributed by atoms with van der Waals surface area (Å²) in [6.45, 7) is 6.33. The maximum absolute atomic E-state index is 11.7. The molecule has 19 heavy (non-hydrogen) atoms. The lowest BCUT2D eigenvalue weighted by Gasteiger charge is -2.21. The first-order chi connectivity index (χ1) is 9.04. The largest absolute Gasteiger partial charge is 0.466 e. The molecular weight excluding hydrogens is 304 g/mol. The van der Waals surface area contributed by atoms with Crippen LogP contribution in [0.3, 0.4) is 0 Å². The molecule has 0 aliphatic heterocycles. The molecule has 3 heteroatoms. The number of halogens is 1. The third-order valence-corrected chi connectivity index (χ3v) is 4.07. The Balaban J connectivity index is 3.45. The van der Waals surface area contributed by atoms with Gasteiger partial charge in [0.1, 0.15) is 0 Å². The van der Waals surface area contributed by atoms with Crippen LogP contribution in [0, 0.1) is 5.41 Å². The number of carbonyl (C=O) groups is 1. The molecule has 0 spiro atoms. The number of ether oxygens (including phenoxy) is 1. The van der Waals surface area contributed by atoms with Crippen LogP contribution in [0.5, 0.6) is 0 Å². The lowest BCUT2D eigenvalue weighted by Crippen LogP contribution is -2.26. The Hall–Kier alpha value is -0.0500. The van der Waals surface area contributed by atoms with Crippen molar-refractivity contribution < 1.29 is 9.53 Å². The number of hydrogen-bond acceptors (Lipinski definition) is 2. The first-order valence-electron chi connectivity index (χ1n) is 7.77. The van der Waals surface area contributed by atoms with E-state index in [1.54, 1.807) is 0 Å². The van der Waals surface area contributed by atoms with Crippen LogP contribution in [0.2, 0.25) is 0 Å².